The Hall–Kier alpha value is -0.780. The van der Waals surface area contributed by atoms with Crippen LogP contribution in [0.25, 0.3) is 0 Å². The van der Waals surface area contributed by atoms with E-state index >= 15 is 0 Å². The molecule has 0 aliphatic heterocycles. The summed E-state index contributed by atoms with van der Waals surface area (Å²) in [6.07, 6.45) is -5.19. The van der Waals surface area contributed by atoms with Crippen LogP contribution in [0.4, 0.5) is 13.2 Å². The minimum Gasteiger partial charge on any atom is -0.542 e. The summed E-state index contributed by atoms with van der Waals surface area (Å²) in [4.78, 5) is 8.78. The first-order valence-corrected chi connectivity index (χ1v) is 1.23. The van der Waals surface area contributed by atoms with Gasteiger partial charge in [-0.15, -0.1) is 0 Å². The Bertz CT molecular complexity index is 85.0. The van der Waals surface area contributed by atoms with Crippen LogP contribution in [0.3, 0.4) is 0 Å². The van der Waals surface area contributed by atoms with Crippen molar-refractivity contribution < 1.29 is 28.5 Å². The quantitative estimate of drug-likeness (QED) is 0.400. The van der Waals surface area contributed by atoms with Crippen molar-refractivity contribution in [3.05, 3.63) is 0 Å². The lowest BCUT2D eigenvalue weighted by Crippen LogP contribution is -2.37. The van der Waals surface area contributed by atoms with E-state index in [2.05, 4.69) is 0 Å². The Morgan fingerprint density at radius 2 is 1.50 bits per heavy atom. The number of aliphatic carboxylic acids is 1. The van der Waals surface area contributed by atoms with Gasteiger partial charge in [0.2, 0.25) is 0 Å². The molecule has 0 aliphatic rings. The van der Waals surface area contributed by atoms with Gasteiger partial charge in [0.15, 0.2) is 0 Å². The summed E-state index contributed by atoms with van der Waals surface area (Å²) in [6.45, 7) is 0. The monoisotopic (exact) mass is 131 g/mol. The number of rotatable bonds is 0. The Morgan fingerprint density at radius 1 is 1.38 bits per heavy atom. The Morgan fingerprint density at radius 3 is 1.50 bits per heavy atom. The molecule has 0 saturated carbocycles. The molecular weight excluding hydrogens is 129 g/mol. The number of carboxylic acid groups (broad SMARTS) is 1. The summed E-state index contributed by atoms with van der Waals surface area (Å²) < 4.78 is 31.5. The van der Waals surface area contributed by atoms with Crippen molar-refractivity contribution in [2.24, 2.45) is 0 Å². The molecule has 0 fully saturated rings. The molecule has 0 aromatic carbocycles. The zero-order valence-electron chi connectivity index (χ0n) is 3.45. The number of carbonyl (C=O) groups excluding carboxylic acids is 1. The molecular formula is C2H2F3O3-. The summed E-state index contributed by atoms with van der Waals surface area (Å²) in [7, 11) is 0. The molecule has 6 heteroatoms. The fourth-order valence-corrected chi connectivity index (χ4v) is 0. The molecule has 0 heterocycles. The first-order chi connectivity index (χ1) is 2.94. The molecule has 0 spiro atoms. The molecule has 0 radical (unpaired) electrons. The van der Waals surface area contributed by atoms with Crippen molar-refractivity contribution in [2.75, 3.05) is 0 Å². The van der Waals surface area contributed by atoms with Crippen LogP contribution in [0.15, 0.2) is 0 Å². The molecule has 0 aromatic rings. The average Bonchev–Trinajstić information content (AvgIpc) is 1.31. The van der Waals surface area contributed by atoms with Crippen LogP contribution in [0.1, 0.15) is 0 Å². The minimum atomic E-state index is -5.19. The Kier molecular flexibility index (Phi) is 3.21. The van der Waals surface area contributed by atoms with Crippen molar-refractivity contribution in [3.8, 4) is 0 Å². The smallest absolute Gasteiger partial charge is 0.430 e. The Balaban J connectivity index is 0. The second-order valence-electron chi connectivity index (χ2n) is 0.785. The molecule has 0 unspecified atom stereocenters. The minimum absolute atomic E-state index is 0. The molecule has 0 amide bonds. The van der Waals surface area contributed by atoms with E-state index in [1.165, 1.54) is 0 Å². The van der Waals surface area contributed by atoms with Crippen LogP contribution in [-0.2, 0) is 4.79 Å². The second kappa shape index (κ2) is 2.51. The summed E-state index contributed by atoms with van der Waals surface area (Å²) >= 11 is 0. The van der Waals surface area contributed by atoms with Crippen molar-refractivity contribution in [1.82, 2.24) is 0 Å². The van der Waals surface area contributed by atoms with E-state index in [0.717, 1.165) is 0 Å². The van der Waals surface area contributed by atoms with Gasteiger partial charge in [0.05, 0.1) is 0 Å². The van der Waals surface area contributed by atoms with Crippen LogP contribution in [0.5, 0.6) is 0 Å². The standard InChI is InChI=1S/C2HF3O2.H2O/c3-2(4,5)1(6)7;/h(H,6,7);1H2/p-1. The molecule has 8 heavy (non-hydrogen) atoms. The fourth-order valence-electron chi connectivity index (χ4n) is 0. The van der Waals surface area contributed by atoms with Crippen LogP contribution < -0.4 is 5.11 Å². The first-order valence-electron chi connectivity index (χ1n) is 1.23. The van der Waals surface area contributed by atoms with Crippen LogP contribution in [0, 0.1) is 0 Å². The van der Waals surface area contributed by atoms with E-state index in [0.29, 0.717) is 0 Å². The third kappa shape index (κ3) is 3.41. The maximum Gasteiger partial charge on any atom is 0.430 e. The van der Waals surface area contributed by atoms with Gasteiger partial charge in [-0.25, -0.2) is 0 Å². The van der Waals surface area contributed by atoms with Gasteiger partial charge in [-0.2, -0.15) is 13.2 Å². The number of carbonyl (C=O) groups is 1. The molecule has 3 nitrogen and oxygen atoms in total. The molecule has 0 saturated heterocycles. The third-order valence-corrected chi connectivity index (χ3v) is 0.231. The highest BCUT2D eigenvalue weighted by molar-refractivity contribution is 5.70. The van der Waals surface area contributed by atoms with E-state index < -0.39 is 12.1 Å². The molecule has 2 N–H and O–H groups in total. The number of hydrogen-bond acceptors (Lipinski definition) is 2. The van der Waals surface area contributed by atoms with Gasteiger partial charge >= 0.3 is 6.18 Å². The molecule has 50 valence electrons. The van der Waals surface area contributed by atoms with Crippen LogP contribution in [0.2, 0.25) is 0 Å². The van der Waals surface area contributed by atoms with E-state index in [4.69, 9.17) is 9.90 Å². The van der Waals surface area contributed by atoms with E-state index in [-0.39, 0.29) is 5.48 Å². The molecule has 0 atom stereocenters. The molecule has 0 bridgehead atoms. The van der Waals surface area contributed by atoms with Crippen molar-refractivity contribution in [3.63, 3.8) is 0 Å². The van der Waals surface area contributed by atoms with Crippen molar-refractivity contribution in [2.45, 2.75) is 6.18 Å². The summed E-state index contributed by atoms with van der Waals surface area (Å²) in [5.74, 6) is -3.01. The van der Waals surface area contributed by atoms with Crippen molar-refractivity contribution >= 4 is 5.97 Å². The number of alkyl halides is 3. The van der Waals surface area contributed by atoms with E-state index in [9.17, 15) is 13.2 Å². The highest BCUT2D eigenvalue weighted by atomic mass is 19.4. The van der Waals surface area contributed by atoms with Gasteiger partial charge in [0, 0.05) is 0 Å². The lowest BCUT2D eigenvalue weighted by atomic mass is 10.7. The number of carboxylic acids is 1. The van der Waals surface area contributed by atoms with Crippen molar-refractivity contribution in [1.29, 1.82) is 0 Å². The predicted molar refractivity (Wildman–Crippen MR) is 14.7 cm³/mol. The average molecular weight is 131 g/mol. The lowest BCUT2D eigenvalue weighted by Gasteiger charge is -2.03. The summed E-state index contributed by atoms with van der Waals surface area (Å²) in [5, 5.41) is 8.78. The van der Waals surface area contributed by atoms with Gasteiger partial charge in [0.25, 0.3) is 0 Å². The van der Waals surface area contributed by atoms with Crippen LogP contribution >= 0.6 is 0 Å². The second-order valence-corrected chi connectivity index (χ2v) is 0.785. The number of halogens is 3. The summed E-state index contributed by atoms with van der Waals surface area (Å²) in [6, 6.07) is 0. The third-order valence-electron chi connectivity index (χ3n) is 0.231. The van der Waals surface area contributed by atoms with Gasteiger partial charge in [-0.05, 0) is 0 Å². The largest absolute Gasteiger partial charge is 0.542 e. The fraction of sp³-hybridized carbons (Fsp3) is 0.500. The predicted octanol–water partition coefficient (Wildman–Crippen LogP) is -1.53. The number of hydrogen-bond donors (Lipinski definition) is 0. The lowest BCUT2D eigenvalue weighted by molar-refractivity contribution is -0.344. The zero-order chi connectivity index (χ0) is 6.08. The summed E-state index contributed by atoms with van der Waals surface area (Å²) in [5.41, 5.74) is 0. The normalized spacial score (nSPS) is 9.88. The highest BCUT2D eigenvalue weighted by Gasteiger charge is 2.28. The van der Waals surface area contributed by atoms with Gasteiger partial charge in [-0.1, -0.05) is 0 Å². The van der Waals surface area contributed by atoms with Gasteiger partial charge < -0.3 is 15.4 Å². The first kappa shape index (κ1) is 10.3. The SMILES string of the molecule is O.O=C([O-])C(F)(F)F. The molecule has 0 aliphatic carbocycles. The van der Waals surface area contributed by atoms with Gasteiger partial charge in [0.1, 0.15) is 5.97 Å². The highest BCUT2D eigenvalue weighted by Crippen LogP contribution is 2.11. The topological polar surface area (TPSA) is 71.6 Å². The molecule has 0 rings (SSSR count). The zero-order valence-corrected chi connectivity index (χ0v) is 3.45. The Labute approximate surface area is 42.0 Å². The maximum atomic E-state index is 10.5. The van der Waals surface area contributed by atoms with Crippen LogP contribution in [-0.4, -0.2) is 17.6 Å². The molecule has 0 aromatic heterocycles. The van der Waals surface area contributed by atoms with E-state index in [1.807, 2.05) is 0 Å². The van der Waals surface area contributed by atoms with E-state index in [1.54, 1.807) is 0 Å². The maximum absolute atomic E-state index is 10.5. The van der Waals surface area contributed by atoms with Gasteiger partial charge in [-0.3, -0.25) is 0 Å².